The number of anilines is 2. The summed E-state index contributed by atoms with van der Waals surface area (Å²) in [5, 5.41) is 3.34. The lowest BCUT2D eigenvalue weighted by atomic mass is 10.2. The highest BCUT2D eigenvalue weighted by Gasteiger charge is 2.22. The van der Waals surface area contributed by atoms with E-state index in [1.165, 1.54) is 29.4 Å². The number of para-hydroxylation sites is 1. The molecule has 0 bridgehead atoms. The first-order valence-corrected chi connectivity index (χ1v) is 11.9. The molecule has 2 aromatic rings. The third kappa shape index (κ3) is 5.56. The lowest BCUT2D eigenvalue weighted by molar-refractivity contribution is -0.119. The first-order chi connectivity index (χ1) is 13.8. The smallest absolute Gasteiger partial charge is 0.240 e. The number of benzene rings is 2. The molecule has 0 aromatic heterocycles. The molecule has 9 heteroatoms. The van der Waals surface area contributed by atoms with E-state index >= 15 is 0 Å². The van der Waals surface area contributed by atoms with Gasteiger partial charge in [-0.3, -0.25) is 9.10 Å². The van der Waals surface area contributed by atoms with Gasteiger partial charge in [0.15, 0.2) is 0 Å². The quantitative estimate of drug-likeness (QED) is 0.619. The molecule has 0 unspecified atom stereocenters. The number of nitrogens with zero attached hydrogens (tertiary/aromatic N) is 2. The van der Waals surface area contributed by atoms with Gasteiger partial charge in [0.25, 0.3) is 0 Å². The van der Waals surface area contributed by atoms with Crippen molar-refractivity contribution in [2.24, 2.45) is 0 Å². The molecule has 0 spiro atoms. The van der Waals surface area contributed by atoms with Crippen molar-refractivity contribution in [3.05, 3.63) is 58.1 Å². The van der Waals surface area contributed by atoms with Gasteiger partial charge in [-0.1, -0.05) is 41.4 Å². The average molecular weight is 456 g/mol. The van der Waals surface area contributed by atoms with Crippen molar-refractivity contribution >= 4 is 50.5 Å². The Morgan fingerprint density at radius 3 is 2.66 bits per heavy atom. The van der Waals surface area contributed by atoms with Gasteiger partial charge in [0.1, 0.15) is 6.54 Å². The second kappa shape index (κ2) is 9.24. The average Bonchev–Trinajstić information content (AvgIpc) is 3.08. The number of carbonyl (C=O) groups excluding carboxylic acids is 1. The molecule has 1 amide bonds. The monoisotopic (exact) mass is 455 g/mol. The maximum absolute atomic E-state index is 12.3. The topological polar surface area (TPSA) is 69.7 Å². The Hall–Kier alpha value is -1.96. The number of fused-ring (bicyclic) bond motifs is 1. The van der Waals surface area contributed by atoms with Crippen molar-refractivity contribution in [3.63, 3.8) is 0 Å². The van der Waals surface area contributed by atoms with Crippen LogP contribution in [0.4, 0.5) is 11.4 Å². The van der Waals surface area contributed by atoms with Crippen molar-refractivity contribution in [2.75, 3.05) is 41.6 Å². The molecule has 1 aliphatic rings. The Balaban J connectivity index is 1.52. The molecule has 2 aromatic carbocycles. The highest BCUT2D eigenvalue weighted by molar-refractivity contribution is 7.92. The van der Waals surface area contributed by atoms with Crippen LogP contribution < -0.4 is 14.5 Å². The SMILES string of the molecule is CS(=O)(=O)N(CC(=O)NCCCN1CCc2ccccc21)c1ccc(Cl)c(Cl)c1. The number of hydrogen-bond donors (Lipinski definition) is 1. The Kier molecular flexibility index (Phi) is 6.93. The lowest BCUT2D eigenvalue weighted by Gasteiger charge is -2.23. The van der Waals surface area contributed by atoms with Crippen LogP contribution in [0.15, 0.2) is 42.5 Å². The number of sulfonamides is 1. The molecular weight excluding hydrogens is 433 g/mol. The van der Waals surface area contributed by atoms with Crippen LogP contribution >= 0.6 is 23.2 Å². The number of amides is 1. The summed E-state index contributed by atoms with van der Waals surface area (Å²) in [6.45, 7) is 1.96. The summed E-state index contributed by atoms with van der Waals surface area (Å²) in [7, 11) is -3.66. The zero-order valence-electron chi connectivity index (χ0n) is 16.1. The van der Waals surface area contributed by atoms with Crippen LogP contribution in [-0.2, 0) is 21.2 Å². The standard InChI is InChI=1S/C20H23Cl2N3O3S/c1-29(27,28)25(16-7-8-17(21)18(22)13-16)14-20(26)23-10-4-11-24-12-9-15-5-2-3-6-19(15)24/h2-3,5-8,13H,4,9-12,14H2,1H3,(H,23,26). The van der Waals surface area contributed by atoms with E-state index in [1.807, 2.05) is 12.1 Å². The molecule has 29 heavy (non-hydrogen) atoms. The van der Waals surface area contributed by atoms with Crippen LogP contribution in [0.1, 0.15) is 12.0 Å². The number of nitrogens with one attached hydrogen (secondary N) is 1. The number of rotatable bonds is 8. The lowest BCUT2D eigenvalue weighted by Crippen LogP contribution is -2.41. The van der Waals surface area contributed by atoms with Gasteiger partial charge in [0.2, 0.25) is 15.9 Å². The van der Waals surface area contributed by atoms with Crippen molar-refractivity contribution in [2.45, 2.75) is 12.8 Å². The minimum Gasteiger partial charge on any atom is -0.371 e. The number of hydrogen-bond acceptors (Lipinski definition) is 4. The number of halogens is 2. The van der Waals surface area contributed by atoms with Gasteiger partial charge in [-0.25, -0.2) is 8.42 Å². The largest absolute Gasteiger partial charge is 0.371 e. The fourth-order valence-electron chi connectivity index (χ4n) is 3.36. The molecule has 1 aliphatic heterocycles. The van der Waals surface area contributed by atoms with E-state index in [9.17, 15) is 13.2 Å². The first-order valence-electron chi connectivity index (χ1n) is 9.28. The maximum Gasteiger partial charge on any atom is 0.240 e. The Morgan fingerprint density at radius 2 is 1.93 bits per heavy atom. The molecule has 0 saturated carbocycles. The third-order valence-electron chi connectivity index (χ3n) is 4.79. The predicted molar refractivity (Wildman–Crippen MR) is 119 cm³/mol. The Bertz CT molecular complexity index is 998. The Labute approximate surface area is 181 Å². The summed E-state index contributed by atoms with van der Waals surface area (Å²) in [5.41, 5.74) is 2.90. The van der Waals surface area contributed by atoms with Gasteiger partial charge < -0.3 is 10.2 Å². The van der Waals surface area contributed by atoms with E-state index in [2.05, 4.69) is 22.3 Å². The van der Waals surface area contributed by atoms with Crippen LogP contribution in [0.5, 0.6) is 0 Å². The van der Waals surface area contributed by atoms with Crippen molar-refractivity contribution in [3.8, 4) is 0 Å². The second-order valence-corrected chi connectivity index (χ2v) is 9.66. The highest BCUT2D eigenvalue weighted by Crippen LogP contribution is 2.28. The van der Waals surface area contributed by atoms with E-state index in [4.69, 9.17) is 23.2 Å². The molecular formula is C20H23Cl2N3O3S. The van der Waals surface area contributed by atoms with E-state index in [-0.39, 0.29) is 17.5 Å². The molecule has 156 valence electrons. The van der Waals surface area contributed by atoms with Crippen molar-refractivity contribution < 1.29 is 13.2 Å². The number of carbonyl (C=O) groups is 1. The molecule has 1 heterocycles. The zero-order valence-corrected chi connectivity index (χ0v) is 18.4. The molecule has 3 rings (SSSR count). The van der Waals surface area contributed by atoms with Gasteiger partial charge in [0.05, 0.1) is 22.0 Å². The van der Waals surface area contributed by atoms with Gasteiger partial charge in [0, 0.05) is 25.3 Å². The summed E-state index contributed by atoms with van der Waals surface area (Å²) < 4.78 is 25.3. The molecule has 0 fully saturated rings. The minimum atomic E-state index is -3.66. The van der Waals surface area contributed by atoms with Crippen LogP contribution in [-0.4, -0.2) is 46.8 Å². The summed E-state index contributed by atoms with van der Waals surface area (Å²) >= 11 is 11.9. The third-order valence-corrected chi connectivity index (χ3v) is 6.67. The summed E-state index contributed by atoms with van der Waals surface area (Å²) in [6, 6.07) is 12.8. The minimum absolute atomic E-state index is 0.226. The van der Waals surface area contributed by atoms with Crippen LogP contribution in [0.25, 0.3) is 0 Å². The van der Waals surface area contributed by atoms with Crippen LogP contribution in [0, 0.1) is 0 Å². The van der Waals surface area contributed by atoms with E-state index in [1.54, 1.807) is 0 Å². The molecule has 0 saturated heterocycles. The second-order valence-electron chi connectivity index (χ2n) is 6.94. The van der Waals surface area contributed by atoms with Crippen LogP contribution in [0.2, 0.25) is 10.0 Å². The molecule has 0 radical (unpaired) electrons. The summed E-state index contributed by atoms with van der Waals surface area (Å²) in [5.74, 6) is -0.372. The zero-order chi connectivity index (χ0) is 21.0. The van der Waals surface area contributed by atoms with Gasteiger partial charge >= 0.3 is 0 Å². The van der Waals surface area contributed by atoms with Crippen molar-refractivity contribution in [1.82, 2.24) is 5.32 Å². The molecule has 1 N–H and O–H groups in total. The predicted octanol–water partition coefficient (Wildman–Crippen LogP) is 3.33. The summed E-state index contributed by atoms with van der Waals surface area (Å²) in [4.78, 5) is 14.6. The fourth-order valence-corrected chi connectivity index (χ4v) is 4.50. The van der Waals surface area contributed by atoms with Gasteiger partial charge in [-0.05, 0) is 42.7 Å². The molecule has 0 aliphatic carbocycles. The fraction of sp³-hybridized carbons (Fsp3) is 0.350. The van der Waals surface area contributed by atoms with Crippen LogP contribution in [0.3, 0.4) is 0 Å². The van der Waals surface area contributed by atoms with Crippen molar-refractivity contribution in [1.29, 1.82) is 0 Å². The van der Waals surface area contributed by atoms with E-state index in [0.29, 0.717) is 17.3 Å². The molecule has 0 atom stereocenters. The van der Waals surface area contributed by atoms with E-state index < -0.39 is 10.0 Å². The molecule has 6 nitrogen and oxygen atoms in total. The van der Waals surface area contributed by atoms with Gasteiger partial charge in [-0.2, -0.15) is 0 Å². The highest BCUT2D eigenvalue weighted by atomic mass is 35.5. The summed E-state index contributed by atoms with van der Waals surface area (Å²) in [6.07, 6.45) is 2.86. The Morgan fingerprint density at radius 1 is 1.17 bits per heavy atom. The van der Waals surface area contributed by atoms with E-state index in [0.717, 1.165) is 36.5 Å². The maximum atomic E-state index is 12.3. The van der Waals surface area contributed by atoms with Gasteiger partial charge in [-0.15, -0.1) is 0 Å². The first kappa shape index (κ1) is 21.7. The normalized spacial score (nSPS) is 13.3.